The Balaban J connectivity index is 1.77. The second-order valence-corrected chi connectivity index (χ2v) is 5.37. The fraction of sp³-hybridized carbons (Fsp3) is 0.389. The van der Waals surface area contributed by atoms with Gasteiger partial charge in [0.2, 0.25) is 0 Å². The van der Waals surface area contributed by atoms with E-state index in [0.29, 0.717) is 0 Å². The Morgan fingerprint density at radius 3 is 2.86 bits per heavy atom. The van der Waals surface area contributed by atoms with Gasteiger partial charge in [-0.2, -0.15) is 0 Å². The highest BCUT2D eigenvalue weighted by Gasteiger charge is 2.05. The Labute approximate surface area is 127 Å². The largest absolute Gasteiger partial charge is 0.341 e. The minimum atomic E-state index is 0.742. The number of benzene rings is 1. The van der Waals surface area contributed by atoms with Crippen molar-refractivity contribution in [2.75, 3.05) is 6.54 Å². The van der Waals surface area contributed by atoms with Crippen molar-refractivity contribution in [2.45, 2.75) is 32.7 Å². The van der Waals surface area contributed by atoms with Gasteiger partial charge in [-0.1, -0.05) is 49.8 Å². The molecule has 21 heavy (non-hydrogen) atoms. The number of allylic oxidation sites excluding steroid dienone is 1. The van der Waals surface area contributed by atoms with E-state index in [1.54, 1.807) is 0 Å². The minimum absolute atomic E-state index is 0.742. The Kier molecular flexibility index (Phi) is 6.22. The number of nitrogens with zero attached hydrogens (tertiary/aromatic N) is 1. The van der Waals surface area contributed by atoms with Crippen molar-refractivity contribution in [3.05, 3.63) is 55.0 Å². The lowest BCUT2D eigenvalue weighted by Gasteiger charge is -2.12. The Morgan fingerprint density at radius 2 is 2.14 bits per heavy atom. The van der Waals surface area contributed by atoms with Crippen LogP contribution < -0.4 is 5.32 Å². The van der Waals surface area contributed by atoms with E-state index >= 15 is 0 Å². The SMILES string of the molecule is C=CCC(CC)CCNCc1ncc(-c2ccccc2)[nH]1. The number of H-pyrrole nitrogens is 1. The van der Waals surface area contributed by atoms with Crippen LogP contribution in [-0.2, 0) is 6.54 Å². The molecule has 1 aromatic carbocycles. The summed E-state index contributed by atoms with van der Waals surface area (Å²) < 4.78 is 0. The molecule has 0 spiro atoms. The van der Waals surface area contributed by atoms with Gasteiger partial charge >= 0.3 is 0 Å². The first-order valence-corrected chi connectivity index (χ1v) is 7.74. The zero-order chi connectivity index (χ0) is 14.9. The molecule has 0 radical (unpaired) electrons. The van der Waals surface area contributed by atoms with Gasteiger partial charge in [0.15, 0.2) is 0 Å². The monoisotopic (exact) mass is 283 g/mol. The minimum Gasteiger partial charge on any atom is -0.341 e. The third kappa shape index (κ3) is 4.87. The quantitative estimate of drug-likeness (QED) is 0.536. The molecule has 0 saturated carbocycles. The molecule has 3 nitrogen and oxygen atoms in total. The molecule has 0 amide bonds. The van der Waals surface area contributed by atoms with Gasteiger partial charge in [-0.15, -0.1) is 6.58 Å². The summed E-state index contributed by atoms with van der Waals surface area (Å²) in [6.07, 6.45) is 7.43. The maximum atomic E-state index is 4.43. The van der Waals surface area contributed by atoms with E-state index in [4.69, 9.17) is 0 Å². The van der Waals surface area contributed by atoms with Gasteiger partial charge in [0.25, 0.3) is 0 Å². The van der Waals surface area contributed by atoms with E-state index in [1.165, 1.54) is 18.4 Å². The Morgan fingerprint density at radius 1 is 1.33 bits per heavy atom. The Hall–Kier alpha value is -1.87. The van der Waals surface area contributed by atoms with Crippen molar-refractivity contribution >= 4 is 0 Å². The summed E-state index contributed by atoms with van der Waals surface area (Å²) in [5.41, 5.74) is 2.25. The lowest BCUT2D eigenvalue weighted by molar-refractivity contribution is 0.454. The molecule has 2 N–H and O–H groups in total. The van der Waals surface area contributed by atoms with Gasteiger partial charge in [0.05, 0.1) is 18.4 Å². The van der Waals surface area contributed by atoms with Crippen LogP contribution in [0.3, 0.4) is 0 Å². The molecule has 0 aliphatic rings. The van der Waals surface area contributed by atoms with Crippen molar-refractivity contribution in [1.29, 1.82) is 0 Å². The fourth-order valence-corrected chi connectivity index (χ4v) is 2.45. The first-order chi connectivity index (χ1) is 10.3. The van der Waals surface area contributed by atoms with Crippen molar-refractivity contribution in [3.63, 3.8) is 0 Å². The van der Waals surface area contributed by atoms with Crippen LogP contribution in [0.5, 0.6) is 0 Å². The van der Waals surface area contributed by atoms with Crippen LogP contribution in [0, 0.1) is 5.92 Å². The molecule has 0 fully saturated rings. The number of rotatable bonds is 9. The summed E-state index contributed by atoms with van der Waals surface area (Å²) in [4.78, 5) is 7.80. The van der Waals surface area contributed by atoms with Crippen molar-refractivity contribution in [2.24, 2.45) is 5.92 Å². The molecule has 1 heterocycles. The summed E-state index contributed by atoms with van der Waals surface area (Å²) in [5, 5.41) is 3.46. The molecule has 0 bridgehead atoms. The van der Waals surface area contributed by atoms with E-state index in [-0.39, 0.29) is 0 Å². The van der Waals surface area contributed by atoms with E-state index in [1.807, 2.05) is 30.5 Å². The average Bonchev–Trinajstić information content (AvgIpc) is 3.00. The smallest absolute Gasteiger partial charge is 0.120 e. The second kappa shape index (κ2) is 8.42. The molecule has 112 valence electrons. The van der Waals surface area contributed by atoms with Crippen molar-refractivity contribution < 1.29 is 0 Å². The number of hydrogen-bond donors (Lipinski definition) is 2. The van der Waals surface area contributed by atoms with E-state index in [2.05, 4.69) is 40.9 Å². The first-order valence-electron chi connectivity index (χ1n) is 7.74. The summed E-state index contributed by atoms with van der Waals surface area (Å²) in [5.74, 6) is 1.73. The topological polar surface area (TPSA) is 40.7 Å². The normalized spacial score (nSPS) is 12.2. The number of aromatic amines is 1. The van der Waals surface area contributed by atoms with Crippen molar-refractivity contribution in [3.8, 4) is 11.3 Å². The predicted molar refractivity (Wildman–Crippen MR) is 88.9 cm³/mol. The molecule has 0 saturated heterocycles. The summed E-state index contributed by atoms with van der Waals surface area (Å²) in [7, 11) is 0. The van der Waals surface area contributed by atoms with Gasteiger partial charge in [-0.25, -0.2) is 4.98 Å². The van der Waals surface area contributed by atoms with Gasteiger partial charge < -0.3 is 10.3 Å². The molecule has 1 aromatic heterocycles. The molecular formula is C18H25N3. The zero-order valence-electron chi connectivity index (χ0n) is 12.8. The highest BCUT2D eigenvalue weighted by Crippen LogP contribution is 2.16. The molecule has 0 aliphatic heterocycles. The lowest BCUT2D eigenvalue weighted by Crippen LogP contribution is -2.18. The van der Waals surface area contributed by atoms with Crippen LogP contribution in [0.1, 0.15) is 32.0 Å². The fourth-order valence-electron chi connectivity index (χ4n) is 2.45. The van der Waals surface area contributed by atoms with E-state index in [0.717, 1.165) is 36.9 Å². The van der Waals surface area contributed by atoms with Crippen LogP contribution in [0.4, 0.5) is 0 Å². The Bertz CT molecular complexity index is 530. The lowest BCUT2D eigenvalue weighted by atomic mass is 9.99. The molecule has 1 unspecified atom stereocenters. The summed E-state index contributed by atoms with van der Waals surface area (Å²) >= 11 is 0. The summed E-state index contributed by atoms with van der Waals surface area (Å²) in [6.45, 7) is 7.87. The van der Waals surface area contributed by atoms with E-state index < -0.39 is 0 Å². The van der Waals surface area contributed by atoms with Gasteiger partial charge in [-0.05, 0) is 30.9 Å². The average molecular weight is 283 g/mol. The van der Waals surface area contributed by atoms with Gasteiger partial charge in [0, 0.05) is 0 Å². The van der Waals surface area contributed by atoms with Crippen LogP contribution in [0.25, 0.3) is 11.3 Å². The van der Waals surface area contributed by atoms with E-state index in [9.17, 15) is 0 Å². The van der Waals surface area contributed by atoms with Gasteiger partial charge in [-0.3, -0.25) is 0 Å². The molecule has 1 atom stereocenters. The second-order valence-electron chi connectivity index (χ2n) is 5.37. The number of aromatic nitrogens is 2. The number of imidazole rings is 1. The molecule has 3 heteroatoms. The maximum absolute atomic E-state index is 4.43. The van der Waals surface area contributed by atoms with Crippen LogP contribution in [-0.4, -0.2) is 16.5 Å². The molecular weight excluding hydrogens is 258 g/mol. The maximum Gasteiger partial charge on any atom is 0.120 e. The highest BCUT2D eigenvalue weighted by atomic mass is 15.0. The van der Waals surface area contributed by atoms with Crippen LogP contribution in [0.2, 0.25) is 0 Å². The third-order valence-electron chi connectivity index (χ3n) is 3.81. The standard InChI is InChI=1S/C18H25N3/c1-3-8-15(4-2)11-12-19-14-18-20-13-17(21-18)16-9-6-5-7-10-16/h3,5-7,9-10,13,15,19H,1,4,8,11-12,14H2,2H3,(H,20,21). The zero-order valence-corrected chi connectivity index (χ0v) is 12.8. The third-order valence-corrected chi connectivity index (χ3v) is 3.81. The predicted octanol–water partition coefficient (Wildman–Crippen LogP) is 4.16. The van der Waals surface area contributed by atoms with Crippen LogP contribution >= 0.6 is 0 Å². The highest BCUT2D eigenvalue weighted by molar-refractivity contribution is 5.57. The molecule has 0 aliphatic carbocycles. The van der Waals surface area contributed by atoms with Crippen molar-refractivity contribution in [1.82, 2.24) is 15.3 Å². The van der Waals surface area contributed by atoms with Gasteiger partial charge in [0.1, 0.15) is 5.82 Å². The first kappa shape index (κ1) is 15.5. The number of nitrogens with one attached hydrogen (secondary N) is 2. The van der Waals surface area contributed by atoms with Crippen LogP contribution in [0.15, 0.2) is 49.2 Å². The summed E-state index contributed by atoms with van der Waals surface area (Å²) in [6, 6.07) is 10.3. The molecule has 2 rings (SSSR count). The molecule has 2 aromatic rings. The number of hydrogen-bond acceptors (Lipinski definition) is 2.